The van der Waals surface area contributed by atoms with Gasteiger partial charge < -0.3 is 15.5 Å². The van der Waals surface area contributed by atoms with E-state index in [1.165, 1.54) is 5.57 Å². The molecule has 1 aliphatic rings. The smallest absolute Gasteiger partial charge is 0.246 e. The molecule has 0 saturated carbocycles. The molecular weight excluding hydrogens is 226 g/mol. The lowest BCUT2D eigenvalue weighted by atomic mass is 10.0. The van der Waals surface area contributed by atoms with E-state index in [1.807, 2.05) is 6.92 Å². The molecule has 4 heteroatoms. The molecule has 4 nitrogen and oxygen atoms in total. The molecule has 104 valence electrons. The molecule has 1 aliphatic heterocycles. The van der Waals surface area contributed by atoms with Crippen molar-refractivity contribution in [2.75, 3.05) is 33.2 Å². The molecule has 0 spiro atoms. The van der Waals surface area contributed by atoms with Crippen LogP contribution in [0.25, 0.3) is 0 Å². The molecule has 1 fully saturated rings. The summed E-state index contributed by atoms with van der Waals surface area (Å²) in [6, 6.07) is 0.595. The van der Waals surface area contributed by atoms with Crippen molar-refractivity contribution in [3.63, 3.8) is 0 Å². The Kier molecular flexibility index (Phi) is 6.36. The van der Waals surface area contributed by atoms with Crippen molar-refractivity contribution in [3.8, 4) is 0 Å². The van der Waals surface area contributed by atoms with Crippen molar-refractivity contribution in [1.29, 1.82) is 0 Å². The lowest BCUT2D eigenvalue weighted by Gasteiger charge is -2.22. The van der Waals surface area contributed by atoms with Crippen molar-refractivity contribution in [1.82, 2.24) is 15.5 Å². The van der Waals surface area contributed by atoms with Gasteiger partial charge in [0.15, 0.2) is 0 Å². The molecule has 1 rings (SSSR count). The zero-order valence-electron chi connectivity index (χ0n) is 12.2. The van der Waals surface area contributed by atoms with Crippen LogP contribution >= 0.6 is 0 Å². The lowest BCUT2D eigenvalue weighted by Crippen LogP contribution is -2.37. The maximum absolute atomic E-state index is 11.8. The van der Waals surface area contributed by atoms with Gasteiger partial charge in [-0.3, -0.25) is 4.79 Å². The summed E-state index contributed by atoms with van der Waals surface area (Å²) in [5, 5.41) is 6.14. The fraction of sp³-hybridized carbons (Fsp3) is 0.786. The molecule has 0 unspecified atom stereocenters. The molecule has 0 radical (unpaired) electrons. The van der Waals surface area contributed by atoms with Crippen LogP contribution in [0.15, 0.2) is 11.1 Å². The van der Waals surface area contributed by atoms with Gasteiger partial charge in [0.25, 0.3) is 0 Å². The van der Waals surface area contributed by atoms with Crippen LogP contribution in [-0.4, -0.2) is 50.1 Å². The number of carbonyl (C=O) groups is 1. The van der Waals surface area contributed by atoms with Gasteiger partial charge in [-0.15, -0.1) is 0 Å². The number of amides is 1. The first-order valence-electron chi connectivity index (χ1n) is 6.90. The van der Waals surface area contributed by atoms with E-state index in [-0.39, 0.29) is 5.91 Å². The number of nitrogens with zero attached hydrogens (tertiary/aromatic N) is 1. The van der Waals surface area contributed by atoms with Gasteiger partial charge in [-0.2, -0.15) is 0 Å². The zero-order chi connectivity index (χ0) is 13.5. The second-order valence-corrected chi connectivity index (χ2v) is 5.37. The fourth-order valence-electron chi connectivity index (χ4n) is 1.75. The van der Waals surface area contributed by atoms with E-state index in [0.29, 0.717) is 6.04 Å². The molecule has 18 heavy (non-hydrogen) atoms. The van der Waals surface area contributed by atoms with Gasteiger partial charge in [0.1, 0.15) is 0 Å². The fourth-order valence-corrected chi connectivity index (χ4v) is 1.75. The Balaban J connectivity index is 2.09. The summed E-state index contributed by atoms with van der Waals surface area (Å²) >= 11 is 0. The van der Waals surface area contributed by atoms with E-state index in [1.54, 1.807) is 0 Å². The number of rotatable bonds is 7. The molecule has 0 aromatic heterocycles. The monoisotopic (exact) mass is 253 g/mol. The molecule has 0 aliphatic carbocycles. The molecule has 1 heterocycles. The Morgan fingerprint density at radius 2 is 2.06 bits per heavy atom. The molecular formula is C14H27N3O. The minimum atomic E-state index is 0.101. The van der Waals surface area contributed by atoms with E-state index in [2.05, 4.69) is 36.4 Å². The minimum absolute atomic E-state index is 0.101. The van der Waals surface area contributed by atoms with Gasteiger partial charge >= 0.3 is 0 Å². The number of hydrogen-bond donors (Lipinski definition) is 2. The molecule has 2 N–H and O–H groups in total. The molecule has 0 aromatic carbocycles. The summed E-state index contributed by atoms with van der Waals surface area (Å²) in [5.74, 6) is 0.101. The summed E-state index contributed by atoms with van der Waals surface area (Å²) in [6.07, 6.45) is 2.18. The third kappa shape index (κ3) is 4.78. The third-order valence-electron chi connectivity index (χ3n) is 3.65. The van der Waals surface area contributed by atoms with Crippen molar-refractivity contribution in [2.24, 2.45) is 0 Å². The van der Waals surface area contributed by atoms with E-state index in [0.717, 1.165) is 44.6 Å². The van der Waals surface area contributed by atoms with Gasteiger partial charge in [0.2, 0.25) is 5.91 Å². The predicted octanol–water partition coefficient (Wildman–Crippen LogP) is 1.14. The average Bonchev–Trinajstić information content (AvgIpc) is 2.25. The van der Waals surface area contributed by atoms with Crippen LogP contribution in [0.4, 0.5) is 0 Å². The lowest BCUT2D eigenvalue weighted by molar-refractivity contribution is -0.117. The molecule has 0 bridgehead atoms. The summed E-state index contributed by atoms with van der Waals surface area (Å²) in [5.41, 5.74) is 2.14. The maximum Gasteiger partial charge on any atom is 0.246 e. The summed E-state index contributed by atoms with van der Waals surface area (Å²) in [7, 11) is 2.14. The number of nitrogens with one attached hydrogen (secondary N) is 2. The maximum atomic E-state index is 11.8. The molecule has 0 atom stereocenters. The van der Waals surface area contributed by atoms with E-state index >= 15 is 0 Å². The Morgan fingerprint density at radius 1 is 1.39 bits per heavy atom. The van der Waals surface area contributed by atoms with Gasteiger partial charge in [-0.1, -0.05) is 0 Å². The van der Waals surface area contributed by atoms with Crippen LogP contribution in [0.2, 0.25) is 0 Å². The van der Waals surface area contributed by atoms with Crippen LogP contribution < -0.4 is 10.6 Å². The predicted molar refractivity (Wildman–Crippen MR) is 75.6 cm³/mol. The van der Waals surface area contributed by atoms with Crippen LogP contribution in [0.3, 0.4) is 0 Å². The van der Waals surface area contributed by atoms with Crippen molar-refractivity contribution < 1.29 is 4.79 Å². The van der Waals surface area contributed by atoms with Crippen LogP contribution in [-0.2, 0) is 4.79 Å². The second-order valence-electron chi connectivity index (χ2n) is 5.37. The van der Waals surface area contributed by atoms with E-state index in [4.69, 9.17) is 0 Å². The first-order chi connectivity index (χ1) is 8.52. The standard InChI is InChI=1S/C14H27N3O/c1-11(2)17(4)8-6-5-7-16-14(18)12(3)13-9-15-10-13/h11,15H,5-10H2,1-4H3,(H,16,18). The van der Waals surface area contributed by atoms with Gasteiger partial charge in [0.05, 0.1) is 0 Å². The number of unbranched alkanes of at least 4 members (excludes halogenated alkanes) is 1. The van der Waals surface area contributed by atoms with Gasteiger partial charge in [0, 0.05) is 31.2 Å². The molecule has 1 amide bonds. The normalized spacial score (nSPS) is 14.9. The van der Waals surface area contributed by atoms with Gasteiger partial charge in [-0.05, 0) is 52.8 Å². The highest BCUT2D eigenvalue weighted by Crippen LogP contribution is 2.08. The number of carbonyl (C=O) groups excluding carboxylic acids is 1. The zero-order valence-corrected chi connectivity index (χ0v) is 12.2. The van der Waals surface area contributed by atoms with Gasteiger partial charge in [-0.25, -0.2) is 0 Å². The average molecular weight is 253 g/mol. The third-order valence-corrected chi connectivity index (χ3v) is 3.65. The first-order valence-corrected chi connectivity index (χ1v) is 6.90. The minimum Gasteiger partial charge on any atom is -0.352 e. The SMILES string of the molecule is CC(C(=O)NCCCCN(C)C(C)C)=C1CNC1. The Bertz CT molecular complexity index is 304. The summed E-state index contributed by atoms with van der Waals surface area (Å²) in [4.78, 5) is 14.1. The second kappa shape index (κ2) is 7.54. The largest absolute Gasteiger partial charge is 0.352 e. The van der Waals surface area contributed by atoms with Crippen molar-refractivity contribution in [2.45, 2.75) is 39.7 Å². The Hall–Kier alpha value is -0.870. The van der Waals surface area contributed by atoms with Crippen molar-refractivity contribution >= 4 is 5.91 Å². The van der Waals surface area contributed by atoms with Crippen LogP contribution in [0, 0.1) is 0 Å². The van der Waals surface area contributed by atoms with Crippen molar-refractivity contribution in [3.05, 3.63) is 11.1 Å². The highest BCUT2D eigenvalue weighted by Gasteiger charge is 2.15. The molecule has 0 aromatic rings. The highest BCUT2D eigenvalue weighted by atomic mass is 16.1. The number of hydrogen-bond acceptors (Lipinski definition) is 3. The highest BCUT2D eigenvalue weighted by molar-refractivity contribution is 5.93. The summed E-state index contributed by atoms with van der Waals surface area (Å²) < 4.78 is 0. The van der Waals surface area contributed by atoms with Crippen LogP contribution in [0.1, 0.15) is 33.6 Å². The first kappa shape index (κ1) is 15.2. The molecule has 1 saturated heterocycles. The van der Waals surface area contributed by atoms with E-state index in [9.17, 15) is 4.79 Å². The van der Waals surface area contributed by atoms with Crippen LogP contribution in [0.5, 0.6) is 0 Å². The van der Waals surface area contributed by atoms with E-state index < -0.39 is 0 Å². The summed E-state index contributed by atoms with van der Waals surface area (Å²) in [6.45, 7) is 9.93. The topological polar surface area (TPSA) is 44.4 Å². The Morgan fingerprint density at radius 3 is 2.56 bits per heavy atom. The quantitative estimate of drug-likeness (QED) is 0.528. The Labute approximate surface area is 111 Å².